The summed E-state index contributed by atoms with van der Waals surface area (Å²) in [5, 5.41) is 3.09. The number of fused-ring (bicyclic) bond motifs is 6. The molecule has 0 aliphatic carbocycles. The molecule has 0 bridgehead atoms. The summed E-state index contributed by atoms with van der Waals surface area (Å²) < 4.78 is 5.45. The van der Waals surface area contributed by atoms with Gasteiger partial charge in [-0.3, -0.25) is 14.4 Å². The Balaban J connectivity index is 1.55. The van der Waals surface area contributed by atoms with Gasteiger partial charge in [0.25, 0.3) is 0 Å². The van der Waals surface area contributed by atoms with Gasteiger partial charge in [0.15, 0.2) is 11.6 Å². The Morgan fingerprint density at radius 2 is 1.57 bits per heavy atom. The molecule has 1 amide bonds. The highest BCUT2D eigenvalue weighted by molar-refractivity contribution is 6.18. The summed E-state index contributed by atoms with van der Waals surface area (Å²) in [5.74, 6) is -1.20. The minimum absolute atomic E-state index is 0.235. The summed E-state index contributed by atoms with van der Waals surface area (Å²) >= 11 is 0. The van der Waals surface area contributed by atoms with Crippen molar-refractivity contribution in [3.05, 3.63) is 131 Å². The zero-order valence-electron chi connectivity index (χ0n) is 23.6. The number of carbonyl (C=O) groups is 3. The van der Waals surface area contributed by atoms with Gasteiger partial charge in [-0.05, 0) is 49.2 Å². The second-order valence-electron chi connectivity index (χ2n) is 11.3. The van der Waals surface area contributed by atoms with E-state index >= 15 is 0 Å². The molecule has 1 spiro atoms. The highest BCUT2D eigenvalue weighted by Gasteiger charge is 2.70. The summed E-state index contributed by atoms with van der Waals surface area (Å²) in [5.41, 5.74) is 4.79. The molecule has 4 atom stereocenters. The largest absolute Gasteiger partial charge is 0.497 e. The molecule has 1 saturated heterocycles. The summed E-state index contributed by atoms with van der Waals surface area (Å²) in [6.45, 7) is 3.99. The molecule has 0 radical (unpaired) electrons. The van der Waals surface area contributed by atoms with Crippen LogP contribution in [0.25, 0.3) is 5.57 Å². The van der Waals surface area contributed by atoms with Gasteiger partial charge < -0.3 is 15.0 Å². The van der Waals surface area contributed by atoms with Crippen molar-refractivity contribution in [2.45, 2.75) is 31.3 Å². The van der Waals surface area contributed by atoms with E-state index in [9.17, 15) is 14.4 Å². The highest BCUT2D eigenvalue weighted by Crippen LogP contribution is 2.58. The van der Waals surface area contributed by atoms with Gasteiger partial charge in [0, 0.05) is 28.1 Å². The number of carbonyl (C=O) groups excluding carboxylic acids is 3. The molecule has 1 N–H and O–H groups in total. The molecule has 3 aliphatic heterocycles. The number of methoxy groups -OCH3 is 1. The minimum Gasteiger partial charge on any atom is -0.497 e. The first kappa shape index (κ1) is 26.0. The Hall–Kier alpha value is -4.97. The van der Waals surface area contributed by atoms with Crippen molar-refractivity contribution in [1.29, 1.82) is 0 Å². The highest BCUT2D eigenvalue weighted by atomic mass is 16.5. The Morgan fingerprint density at radius 3 is 2.36 bits per heavy atom. The lowest BCUT2D eigenvalue weighted by atomic mass is 9.64. The fourth-order valence-corrected chi connectivity index (χ4v) is 7.23. The number of allylic oxidation sites excluding steroid dienone is 1. The van der Waals surface area contributed by atoms with Crippen molar-refractivity contribution in [3.8, 4) is 5.75 Å². The van der Waals surface area contributed by atoms with Crippen LogP contribution in [0.4, 0.5) is 11.4 Å². The third-order valence-corrected chi connectivity index (χ3v) is 9.13. The summed E-state index contributed by atoms with van der Waals surface area (Å²) in [7, 11) is 1.56. The number of anilines is 2. The first-order valence-electron chi connectivity index (χ1n) is 14.1. The maximum absolute atomic E-state index is 14.9. The van der Waals surface area contributed by atoms with E-state index < -0.39 is 23.4 Å². The van der Waals surface area contributed by atoms with E-state index in [4.69, 9.17) is 4.74 Å². The average Bonchev–Trinajstić information content (AvgIpc) is 3.49. The molecule has 6 nitrogen and oxygen atoms in total. The third-order valence-electron chi connectivity index (χ3n) is 9.13. The first-order valence-corrected chi connectivity index (χ1v) is 14.1. The SMILES string of the molecule is COc1cccc(C(=O)[C@@H]2[C@H](C(=O)c3ccc(C)cc3)[C@]3(C(=O)Nc4ccccc43)[C@@H]3C=C(C)c4ccccc4N23)c1. The van der Waals surface area contributed by atoms with Gasteiger partial charge in [-0.1, -0.05) is 84.4 Å². The molecule has 3 aliphatic rings. The first-order chi connectivity index (χ1) is 20.4. The number of para-hydroxylation sites is 2. The van der Waals surface area contributed by atoms with E-state index in [1.807, 2.05) is 79.4 Å². The lowest BCUT2D eigenvalue weighted by molar-refractivity contribution is -0.121. The number of hydrogen-bond acceptors (Lipinski definition) is 5. The van der Waals surface area contributed by atoms with Crippen molar-refractivity contribution >= 4 is 34.4 Å². The van der Waals surface area contributed by atoms with E-state index in [1.165, 1.54) is 0 Å². The van der Waals surface area contributed by atoms with Crippen molar-refractivity contribution < 1.29 is 19.1 Å². The van der Waals surface area contributed by atoms with Crippen molar-refractivity contribution in [2.75, 3.05) is 17.3 Å². The molecule has 7 rings (SSSR count). The predicted octanol–water partition coefficient (Wildman–Crippen LogP) is 6.25. The Kier molecular flexibility index (Phi) is 5.91. The summed E-state index contributed by atoms with van der Waals surface area (Å²) in [6, 6.07) is 28.3. The van der Waals surface area contributed by atoms with E-state index in [-0.39, 0.29) is 17.5 Å². The number of Topliss-reactive ketones (excluding diaryl/α,β-unsaturated/α-hetero) is 2. The van der Waals surface area contributed by atoms with Crippen LogP contribution in [0.15, 0.2) is 103 Å². The molecule has 6 heteroatoms. The molecule has 0 saturated carbocycles. The van der Waals surface area contributed by atoms with Gasteiger partial charge in [-0.15, -0.1) is 0 Å². The molecule has 4 aromatic carbocycles. The minimum atomic E-state index is -1.34. The third kappa shape index (κ3) is 3.54. The number of hydrogen-bond donors (Lipinski definition) is 1. The molecular weight excluding hydrogens is 524 g/mol. The second-order valence-corrected chi connectivity index (χ2v) is 11.3. The van der Waals surface area contributed by atoms with E-state index in [0.717, 1.165) is 28.0 Å². The standard InChI is InChI=1S/C36H30N2O4/c1-21-15-17-23(18-16-21)33(39)31-32(34(40)24-9-8-10-25(20-24)42-3)38-29-14-7-4-11-26(29)22(2)19-30(38)36(31)27-12-5-6-13-28(27)37-35(36)41/h4-20,30-32H,1-3H3,(H,37,41)/t30-,31+,32-,36+/m0/s1. The van der Waals surface area contributed by atoms with E-state index in [0.29, 0.717) is 22.6 Å². The van der Waals surface area contributed by atoms with E-state index in [1.54, 1.807) is 43.5 Å². The molecule has 208 valence electrons. The van der Waals surface area contributed by atoms with Crippen LogP contribution in [0.2, 0.25) is 0 Å². The van der Waals surface area contributed by atoms with Crippen LogP contribution in [-0.4, -0.2) is 36.7 Å². The second kappa shape index (κ2) is 9.55. The van der Waals surface area contributed by atoms with Gasteiger partial charge in [0.2, 0.25) is 5.91 Å². The van der Waals surface area contributed by atoms with Gasteiger partial charge in [0.05, 0.1) is 19.1 Å². The number of rotatable bonds is 5. The van der Waals surface area contributed by atoms with Crippen LogP contribution in [0.3, 0.4) is 0 Å². The molecule has 1 fully saturated rings. The zero-order valence-corrected chi connectivity index (χ0v) is 23.6. The maximum Gasteiger partial charge on any atom is 0.238 e. The van der Waals surface area contributed by atoms with Gasteiger partial charge in [-0.2, -0.15) is 0 Å². The lowest BCUT2D eigenvalue weighted by Crippen LogP contribution is -2.51. The summed E-state index contributed by atoms with van der Waals surface area (Å²) in [4.78, 5) is 46.2. The smallest absolute Gasteiger partial charge is 0.238 e. The van der Waals surface area contributed by atoms with Crippen molar-refractivity contribution in [2.24, 2.45) is 5.92 Å². The quantitative estimate of drug-likeness (QED) is 0.295. The van der Waals surface area contributed by atoms with Crippen LogP contribution >= 0.6 is 0 Å². The Bertz CT molecular complexity index is 1810. The number of ether oxygens (including phenoxy) is 1. The van der Waals surface area contributed by atoms with Gasteiger partial charge in [-0.25, -0.2) is 0 Å². The van der Waals surface area contributed by atoms with Crippen LogP contribution in [0.5, 0.6) is 5.75 Å². The van der Waals surface area contributed by atoms with E-state index in [2.05, 4.69) is 11.4 Å². The van der Waals surface area contributed by atoms with Crippen LogP contribution in [0.1, 0.15) is 44.3 Å². The fourth-order valence-electron chi connectivity index (χ4n) is 7.23. The van der Waals surface area contributed by atoms with Crippen molar-refractivity contribution in [1.82, 2.24) is 0 Å². The van der Waals surface area contributed by atoms with Gasteiger partial charge >= 0.3 is 0 Å². The van der Waals surface area contributed by atoms with Crippen LogP contribution in [0, 0.1) is 12.8 Å². The fraction of sp³-hybridized carbons (Fsp3) is 0.194. The lowest BCUT2D eigenvalue weighted by Gasteiger charge is -2.39. The van der Waals surface area contributed by atoms with Crippen LogP contribution in [-0.2, 0) is 10.2 Å². The number of amides is 1. The van der Waals surface area contributed by atoms with Gasteiger partial charge in [0.1, 0.15) is 17.2 Å². The summed E-state index contributed by atoms with van der Waals surface area (Å²) in [6.07, 6.45) is 2.07. The number of ketones is 2. The maximum atomic E-state index is 14.9. The Morgan fingerprint density at radius 1 is 0.833 bits per heavy atom. The number of benzene rings is 4. The predicted molar refractivity (Wildman–Crippen MR) is 163 cm³/mol. The normalized spacial score (nSPS) is 23.5. The molecule has 42 heavy (non-hydrogen) atoms. The Labute approximate surface area is 244 Å². The average molecular weight is 555 g/mol. The molecular formula is C36H30N2O4. The molecule has 3 heterocycles. The number of aryl methyl sites for hydroxylation is 1. The van der Waals surface area contributed by atoms with Crippen molar-refractivity contribution in [3.63, 3.8) is 0 Å². The topological polar surface area (TPSA) is 75.7 Å². The zero-order chi connectivity index (χ0) is 29.2. The monoisotopic (exact) mass is 554 g/mol. The number of nitrogens with zero attached hydrogens (tertiary/aromatic N) is 1. The molecule has 0 unspecified atom stereocenters. The number of nitrogens with one attached hydrogen (secondary N) is 1. The molecule has 4 aromatic rings. The molecule has 0 aromatic heterocycles. The van der Waals surface area contributed by atoms with Crippen LogP contribution < -0.4 is 15.0 Å².